The van der Waals surface area contributed by atoms with Gasteiger partial charge in [0.05, 0.1) is 4.88 Å². The first-order valence-electron chi connectivity index (χ1n) is 10.3. The maximum Gasteiger partial charge on any atom is 0.248 e. The van der Waals surface area contributed by atoms with Crippen molar-refractivity contribution in [3.05, 3.63) is 21.4 Å². The zero-order valence-electron chi connectivity index (χ0n) is 15.9. The van der Waals surface area contributed by atoms with Crippen molar-refractivity contribution in [2.75, 3.05) is 13.2 Å². The summed E-state index contributed by atoms with van der Waals surface area (Å²) in [6, 6.07) is 3.15. The van der Waals surface area contributed by atoms with Crippen LogP contribution in [0.1, 0.15) is 77.4 Å². The van der Waals surface area contributed by atoms with Crippen LogP contribution in [0.4, 0.5) is 8.78 Å². The second-order valence-corrected chi connectivity index (χ2v) is 9.81. The summed E-state index contributed by atoms with van der Waals surface area (Å²) in [6.07, 6.45) is 4.52. The van der Waals surface area contributed by atoms with Crippen molar-refractivity contribution in [1.29, 1.82) is 0 Å². The molecule has 2 aliphatic carbocycles. The molecule has 1 aliphatic heterocycles. The summed E-state index contributed by atoms with van der Waals surface area (Å²) in [7, 11) is 0. The zero-order valence-corrected chi connectivity index (χ0v) is 16.8. The normalized spacial score (nSPS) is 29.0. The van der Waals surface area contributed by atoms with Crippen LogP contribution in [0.25, 0.3) is 0 Å². The molecule has 3 aliphatic rings. The van der Waals surface area contributed by atoms with Crippen LogP contribution in [0.3, 0.4) is 0 Å². The largest absolute Gasteiger partial charge is 0.381 e. The summed E-state index contributed by atoms with van der Waals surface area (Å²) in [4.78, 5) is 14.7. The number of carbonyl (C=O) groups excluding carboxylic acids is 1. The van der Waals surface area contributed by atoms with Crippen LogP contribution in [-0.4, -0.2) is 37.0 Å². The molecule has 1 aromatic rings. The van der Waals surface area contributed by atoms with Crippen LogP contribution in [-0.2, 0) is 4.74 Å². The van der Waals surface area contributed by atoms with Crippen LogP contribution in [0.2, 0.25) is 0 Å². The van der Waals surface area contributed by atoms with Gasteiger partial charge in [-0.1, -0.05) is 0 Å². The van der Waals surface area contributed by atoms with E-state index in [0.717, 1.165) is 37.4 Å². The Balaban J connectivity index is 1.31. The number of nitrogens with one attached hydrogen (secondary N) is 1. The molecule has 1 N–H and O–H groups in total. The van der Waals surface area contributed by atoms with Crippen molar-refractivity contribution in [3.63, 3.8) is 0 Å². The number of rotatable bonds is 6. The molecule has 2 saturated carbocycles. The number of ether oxygens (including phenoxy) is 1. The van der Waals surface area contributed by atoms with E-state index in [4.69, 9.17) is 4.74 Å². The first-order valence-corrected chi connectivity index (χ1v) is 11.1. The number of thiophene rings is 1. The fourth-order valence-electron chi connectivity index (χ4n) is 4.56. The van der Waals surface area contributed by atoms with Gasteiger partial charge in [-0.2, -0.15) is 0 Å². The maximum atomic E-state index is 13.3. The van der Waals surface area contributed by atoms with E-state index in [1.165, 1.54) is 10.4 Å². The molecule has 1 saturated heterocycles. The molecule has 4 rings (SSSR count). The van der Waals surface area contributed by atoms with Crippen LogP contribution >= 0.6 is 11.3 Å². The van der Waals surface area contributed by atoms with Crippen molar-refractivity contribution in [3.8, 4) is 0 Å². The molecule has 0 unspecified atom stereocenters. The lowest BCUT2D eigenvalue weighted by Gasteiger charge is -2.27. The van der Waals surface area contributed by atoms with E-state index in [0.29, 0.717) is 37.3 Å². The van der Waals surface area contributed by atoms with Crippen LogP contribution in [0.15, 0.2) is 6.07 Å². The molecular weight excluding hydrogens is 368 g/mol. The molecule has 0 spiro atoms. The number of ketones is 1. The third-order valence-corrected chi connectivity index (χ3v) is 7.51. The van der Waals surface area contributed by atoms with Gasteiger partial charge in [-0.3, -0.25) is 4.79 Å². The molecule has 0 amide bonds. The van der Waals surface area contributed by atoms with Crippen LogP contribution in [0, 0.1) is 12.8 Å². The lowest BCUT2D eigenvalue weighted by atomic mass is 9.83. The van der Waals surface area contributed by atoms with Gasteiger partial charge < -0.3 is 10.1 Å². The van der Waals surface area contributed by atoms with Gasteiger partial charge >= 0.3 is 0 Å². The van der Waals surface area contributed by atoms with E-state index in [1.807, 2.05) is 0 Å². The quantitative estimate of drug-likeness (QED) is 0.681. The molecular formula is C21H29F2NO2S. The minimum atomic E-state index is -2.52. The van der Waals surface area contributed by atoms with E-state index in [2.05, 4.69) is 18.3 Å². The highest BCUT2D eigenvalue weighted by molar-refractivity contribution is 7.14. The van der Waals surface area contributed by atoms with Crippen molar-refractivity contribution in [2.24, 2.45) is 5.92 Å². The molecule has 150 valence electrons. The number of hydrogen-bond acceptors (Lipinski definition) is 4. The predicted molar refractivity (Wildman–Crippen MR) is 103 cm³/mol. The van der Waals surface area contributed by atoms with Gasteiger partial charge in [0.2, 0.25) is 5.92 Å². The molecule has 27 heavy (non-hydrogen) atoms. The average molecular weight is 398 g/mol. The van der Waals surface area contributed by atoms with Gasteiger partial charge in [-0.05, 0) is 56.6 Å². The number of alkyl halides is 2. The summed E-state index contributed by atoms with van der Waals surface area (Å²) in [6.45, 7) is 3.79. The van der Waals surface area contributed by atoms with Crippen molar-refractivity contribution >= 4 is 17.1 Å². The van der Waals surface area contributed by atoms with E-state index in [1.54, 1.807) is 11.3 Å². The zero-order chi connectivity index (χ0) is 19.0. The molecule has 3 nitrogen and oxygen atoms in total. The van der Waals surface area contributed by atoms with Gasteiger partial charge in [-0.25, -0.2) is 8.78 Å². The topological polar surface area (TPSA) is 38.3 Å². The Bertz CT molecular complexity index is 674. The van der Waals surface area contributed by atoms with E-state index in [9.17, 15) is 13.6 Å². The van der Waals surface area contributed by atoms with E-state index < -0.39 is 5.92 Å². The summed E-state index contributed by atoms with van der Waals surface area (Å²) in [5.41, 5.74) is 1.31. The number of aryl methyl sites for hydroxylation is 1. The minimum Gasteiger partial charge on any atom is -0.381 e. The Hall–Kier alpha value is -0.850. The fraction of sp³-hybridized carbons (Fsp3) is 0.762. The van der Waals surface area contributed by atoms with Gasteiger partial charge in [0.15, 0.2) is 5.78 Å². The number of Topliss-reactive ketones (excluding diaryl/α,β-unsaturated/α-hetero) is 1. The summed E-state index contributed by atoms with van der Waals surface area (Å²) in [5.74, 6) is -1.75. The lowest BCUT2D eigenvalue weighted by Crippen LogP contribution is -2.36. The smallest absolute Gasteiger partial charge is 0.248 e. The Morgan fingerprint density at radius 2 is 1.96 bits per heavy atom. The molecule has 6 heteroatoms. The first-order chi connectivity index (χ1) is 12.9. The number of carbonyl (C=O) groups is 1. The Morgan fingerprint density at radius 1 is 1.26 bits per heavy atom. The van der Waals surface area contributed by atoms with Crippen molar-refractivity contribution in [1.82, 2.24) is 5.32 Å². The molecule has 1 aromatic heterocycles. The highest BCUT2D eigenvalue weighted by Crippen LogP contribution is 2.45. The van der Waals surface area contributed by atoms with Gasteiger partial charge in [0, 0.05) is 55.4 Å². The van der Waals surface area contributed by atoms with Crippen molar-refractivity contribution in [2.45, 2.75) is 82.2 Å². The van der Waals surface area contributed by atoms with Crippen LogP contribution in [0.5, 0.6) is 0 Å². The number of hydrogen-bond donors (Lipinski definition) is 1. The Labute approximate surface area is 163 Å². The van der Waals surface area contributed by atoms with E-state index in [-0.39, 0.29) is 24.5 Å². The average Bonchev–Trinajstić information content (AvgIpc) is 3.28. The third-order valence-electron chi connectivity index (χ3n) is 6.40. The molecule has 2 heterocycles. The highest BCUT2D eigenvalue weighted by atomic mass is 32.1. The molecule has 0 aromatic carbocycles. The van der Waals surface area contributed by atoms with Crippen molar-refractivity contribution < 1.29 is 18.3 Å². The highest BCUT2D eigenvalue weighted by Gasteiger charge is 2.41. The van der Waals surface area contributed by atoms with Crippen LogP contribution < -0.4 is 5.32 Å². The Morgan fingerprint density at radius 3 is 2.67 bits per heavy atom. The SMILES string of the molecule is Cc1sc(C(=O)CC2CCC(F)(F)CC2)cc1[C@H]1C[C@@H]1NC1CCOCC1. The molecule has 2 atom stereocenters. The summed E-state index contributed by atoms with van der Waals surface area (Å²) >= 11 is 1.58. The second-order valence-electron chi connectivity index (χ2n) is 8.55. The predicted octanol–water partition coefficient (Wildman–Crippen LogP) is 5.08. The summed E-state index contributed by atoms with van der Waals surface area (Å²) in [5, 5.41) is 3.75. The molecule has 0 bridgehead atoms. The van der Waals surface area contributed by atoms with Gasteiger partial charge in [-0.15, -0.1) is 11.3 Å². The molecule has 3 fully saturated rings. The first kappa shape index (κ1) is 19.5. The third kappa shape index (κ3) is 4.77. The minimum absolute atomic E-state index is 0.0682. The standard InChI is InChI=1S/C21H29F2NO2S/c1-13-16(17-11-18(17)24-15-4-8-26-9-5-15)12-20(27-13)19(25)10-14-2-6-21(22,23)7-3-14/h12,14-15,17-18,24H,2-11H2,1H3/t17-,18+/m1/s1. The maximum absolute atomic E-state index is 13.3. The molecule has 0 radical (unpaired) electrons. The Kier molecular flexibility index (Phi) is 5.68. The second kappa shape index (κ2) is 7.88. The fourth-order valence-corrected chi connectivity index (χ4v) is 5.60. The van der Waals surface area contributed by atoms with Gasteiger partial charge in [0.25, 0.3) is 0 Å². The van der Waals surface area contributed by atoms with E-state index >= 15 is 0 Å². The van der Waals surface area contributed by atoms with Gasteiger partial charge in [0.1, 0.15) is 0 Å². The summed E-state index contributed by atoms with van der Waals surface area (Å²) < 4.78 is 32.0. The number of halogens is 2. The monoisotopic (exact) mass is 397 g/mol. The lowest BCUT2D eigenvalue weighted by molar-refractivity contribution is -0.0458.